The highest BCUT2D eigenvalue weighted by Gasteiger charge is 2.65. The Hall–Kier alpha value is -2.02. The Morgan fingerprint density at radius 2 is 1.41 bits per heavy atom. The molecule has 2 aromatic rings. The van der Waals surface area contributed by atoms with Gasteiger partial charge in [-0.1, -0.05) is 56.3 Å². The normalized spacial score (nSPS) is 14.8. The fourth-order valence-corrected chi connectivity index (χ4v) is 2.36. The lowest BCUT2D eigenvalue weighted by molar-refractivity contribution is 0.305. The molecule has 7 heteroatoms. The molecule has 0 saturated heterocycles. The molecule has 0 atom stereocenters. The maximum atomic E-state index is 12.6. The Kier molecular flexibility index (Phi) is 3.52. The van der Waals surface area contributed by atoms with E-state index in [9.17, 15) is 19.4 Å². The maximum absolute atomic E-state index is 12.6. The molecule has 0 radical (unpaired) electrons. The van der Waals surface area contributed by atoms with Crippen molar-refractivity contribution in [2.75, 3.05) is 0 Å². The van der Waals surface area contributed by atoms with Gasteiger partial charge >= 0.3 is 10.2 Å². The first-order valence-corrected chi connectivity index (χ1v) is 8.11. The van der Waals surface area contributed by atoms with Crippen molar-refractivity contribution in [3.63, 3.8) is 0 Å². The minimum atomic E-state index is -9.62. The summed E-state index contributed by atoms with van der Waals surface area (Å²) in [6.07, 6.45) is 1.67. The van der Waals surface area contributed by atoms with Gasteiger partial charge in [-0.15, -0.1) is 0 Å². The van der Waals surface area contributed by atoms with E-state index in [0.717, 1.165) is 23.3 Å². The standard InChI is InChI=1S/C15H13F5OS/c1-2-12-3-5-13(6-4-12)11-21-14-7-9-15(10-8-14)22(16,17,18,19)20/h2-10H,1,11H2. The Morgan fingerprint density at radius 3 is 1.86 bits per heavy atom. The SMILES string of the molecule is C=Cc1ccc(COc2ccc(S(F)(F)(F)(F)F)cc2)cc1. The lowest BCUT2D eigenvalue weighted by Gasteiger charge is -2.40. The van der Waals surface area contributed by atoms with Crippen LogP contribution in [0.2, 0.25) is 0 Å². The summed E-state index contributed by atoms with van der Waals surface area (Å²) in [6.45, 7) is 3.73. The Balaban J connectivity index is 2.07. The second-order valence-corrected chi connectivity index (χ2v) is 7.08. The molecule has 0 aromatic heterocycles. The van der Waals surface area contributed by atoms with Crippen LogP contribution in [0, 0.1) is 0 Å². The molecule has 0 aliphatic rings. The van der Waals surface area contributed by atoms with Crippen LogP contribution in [0.5, 0.6) is 5.75 Å². The molecule has 2 aromatic carbocycles. The van der Waals surface area contributed by atoms with E-state index in [-0.39, 0.29) is 12.4 Å². The van der Waals surface area contributed by atoms with Crippen LogP contribution >= 0.6 is 10.2 Å². The molecule has 22 heavy (non-hydrogen) atoms. The van der Waals surface area contributed by atoms with E-state index in [2.05, 4.69) is 6.58 Å². The molecule has 120 valence electrons. The molecule has 0 spiro atoms. The second kappa shape index (κ2) is 4.74. The van der Waals surface area contributed by atoms with Gasteiger partial charge in [-0.3, -0.25) is 0 Å². The molecule has 0 saturated carbocycles. The zero-order valence-electron chi connectivity index (χ0n) is 11.3. The number of hydrogen-bond donors (Lipinski definition) is 0. The second-order valence-electron chi connectivity index (χ2n) is 4.67. The van der Waals surface area contributed by atoms with Crippen LogP contribution < -0.4 is 4.74 Å². The van der Waals surface area contributed by atoms with Gasteiger partial charge in [0.1, 0.15) is 17.3 Å². The van der Waals surface area contributed by atoms with Gasteiger partial charge in [0.2, 0.25) is 0 Å². The van der Waals surface area contributed by atoms with Gasteiger partial charge in [-0.25, -0.2) is 0 Å². The average molecular weight is 336 g/mol. The summed E-state index contributed by atoms with van der Waals surface area (Å²) in [5, 5.41) is 0. The summed E-state index contributed by atoms with van der Waals surface area (Å²) < 4.78 is 68.0. The smallest absolute Gasteiger partial charge is 0.310 e. The first kappa shape index (κ1) is 16.4. The summed E-state index contributed by atoms with van der Waals surface area (Å²) in [7, 11) is -9.62. The Labute approximate surface area is 124 Å². The average Bonchev–Trinajstić information content (AvgIpc) is 2.44. The van der Waals surface area contributed by atoms with Gasteiger partial charge in [0.15, 0.2) is 0 Å². The lowest BCUT2D eigenvalue weighted by atomic mass is 10.1. The molecular formula is C15H13F5OS. The third-order valence-electron chi connectivity index (χ3n) is 2.89. The largest absolute Gasteiger partial charge is 0.489 e. The monoisotopic (exact) mass is 336 g/mol. The van der Waals surface area contributed by atoms with Crippen LogP contribution in [0.1, 0.15) is 11.1 Å². The molecule has 0 amide bonds. The summed E-state index contributed by atoms with van der Waals surface area (Å²) in [6, 6.07) is 9.60. The highest BCUT2D eigenvalue weighted by molar-refractivity contribution is 8.45. The molecule has 0 aliphatic carbocycles. The van der Waals surface area contributed by atoms with E-state index in [1.54, 1.807) is 18.2 Å². The molecule has 0 heterocycles. The van der Waals surface area contributed by atoms with Crippen LogP contribution in [-0.4, -0.2) is 0 Å². The van der Waals surface area contributed by atoms with Gasteiger partial charge in [0, 0.05) is 0 Å². The highest BCUT2D eigenvalue weighted by atomic mass is 32.5. The minimum absolute atomic E-state index is 0.0818. The van der Waals surface area contributed by atoms with Crippen molar-refractivity contribution in [3.05, 3.63) is 66.2 Å². The number of halogens is 5. The van der Waals surface area contributed by atoms with Gasteiger partial charge < -0.3 is 4.74 Å². The summed E-state index contributed by atoms with van der Waals surface area (Å²) in [5.41, 5.74) is 1.71. The van der Waals surface area contributed by atoms with E-state index >= 15 is 0 Å². The molecule has 1 nitrogen and oxygen atoms in total. The van der Waals surface area contributed by atoms with Gasteiger partial charge in [0.25, 0.3) is 0 Å². The van der Waals surface area contributed by atoms with E-state index in [1.165, 1.54) is 0 Å². The third-order valence-corrected chi connectivity index (χ3v) is 4.05. The fraction of sp³-hybridized carbons (Fsp3) is 0.0667. The first-order valence-electron chi connectivity index (χ1n) is 6.16. The highest BCUT2D eigenvalue weighted by Crippen LogP contribution is 3.02. The van der Waals surface area contributed by atoms with Crippen molar-refractivity contribution < 1.29 is 24.2 Å². The Morgan fingerprint density at radius 1 is 0.864 bits per heavy atom. The fourth-order valence-electron chi connectivity index (χ4n) is 1.71. The topological polar surface area (TPSA) is 9.23 Å². The molecule has 0 unspecified atom stereocenters. The number of benzene rings is 2. The summed E-state index contributed by atoms with van der Waals surface area (Å²) in [4.78, 5) is -1.93. The number of rotatable bonds is 5. The van der Waals surface area contributed by atoms with Crippen molar-refractivity contribution in [2.45, 2.75) is 11.5 Å². The van der Waals surface area contributed by atoms with E-state index in [1.807, 2.05) is 12.1 Å². The molecule has 0 N–H and O–H groups in total. The summed E-state index contributed by atoms with van der Waals surface area (Å²) in [5.74, 6) is 0.0818. The lowest BCUT2D eigenvalue weighted by Crippen LogP contribution is -2.05. The third kappa shape index (κ3) is 4.24. The quantitative estimate of drug-likeness (QED) is 0.561. The van der Waals surface area contributed by atoms with E-state index < -0.39 is 15.1 Å². The molecule has 0 aliphatic heterocycles. The van der Waals surface area contributed by atoms with Crippen molar-refractivity contribution in [3.8, 4) is 5.75 Å². The molecular weight excluding hydrogens is 323 g/mol. The predicted molar refractivity (Wildman–Crippen MR) is 78.7 cm³/mol. The minimum Gasteiger partial charge on any atom is -0.489 e. The Bertz CT molecular complexity index is 675. The molecule has 0 fully saturated rings. The zero-order valence-corrected chi connectivity index (χ0v) is 12.1. The van der Waals surface area contributed by atoms with Gasteiger partial charge in [0.05, 0.1) is 0 Å². The zero-order chi connectivity index (χ0) is 16.5. The van der Waals surface area contributed by atoms with Crippen molar-refractivity contribution in [1.29, 1.82) is 0 Å². The molecule has 0 bridgehead atoms. The van der Waals surface area contributed by atoms with Gasteiger partial charge in [-0.05, 0) is 35.4 Å². The van der Waals surface area contributed by atoms with E-state index in [0.29, 0.717) is 12.1 Å². The van der Waals surface area contributed by atoms with Gasteiger partial charge in [-0.2, -0.15) is 0 Å². The number of hydrogen-bond acceptors (Lipinski definition) is 1. The van der Waals surface area contributed by atoms with Crippen LogP contribution in [-0.2, 0) is 6.61 Å². The van der Waals surface area contributed by atoms with Crippen molar-refractivity contribution in [1.82, 2.24) is 0 Å². The summed E-state index contributed by atoms with van der Waals surface area (Å²) >= 11 is 0. The molecule has 2 rings (SSSR count). The van der Waals surface area contributed by atoms with Crippen LogP contribution in [0.25, 0.3) is 6.08 Å². The number of ether oxygens (including phenoxy) is 1. The van der Waals surface area contributed by atoms with Crippen molar-refractivity contribution >= 4 is 16.3 Å². The maximum Gasteiger partial charge on any atom is 0.310 e. The predicted octanol–water partition coefficient (Wildman–Crippen LogP) is 6.57. The van der Waals surface area contributed by atoms with Crippen LogP contribution in [0.4, 0.5) is 19.4 Å². The first-order chi connectivity index (χ1) is 9.97. The van der Waals surface area contributed by atoms with Crippen LogP contribution in [0.3, 0.4) is 0 Å². The van der Waals surface area contributed by atoms with E-state index in [4.69, 9.17) is 4.74 Å². The van der Waals surface area contributed by atoms with Crippen molar-refractivity contribution in [2.24, 2.45) is 0 Å². The van der Waals surface area contributed by atoms with Crippen LogP contribution in [0.15, 0.2) is 60.0 Å².